The molecule has 0 unspecified atom stereocenters. The van der Waals surface area contributed by atoms with E-state index in [0.717, 1.165) is 25.1 Å². The lowest BCUT2D eigenvalue weighted by Crippen LogP contribution is -2.38. The summed E-state index contributed by atoms with van der Waals surface area (Å²) in [6, 6.07) is 5.90. The molecule has 0 saturated carbocycles. The standard InChI is InChI=1S/C14H20N2O2/c1-10-5-3-4-8-16(10)13-7-6-11(15)9-12(13)14(17)18-2/h6-7,9-10H,3-5,8,15H2,1-2H3/t10-/m0/s1. The van der Waals surface area contributed by atoms with Gasteiger partial charge in [0.2, 0.25) is 0 Å². The van der Waals surface area contributed by atoms with Crippen LogP contribution in [0.4, 0.5) is 11.4 Å². The predicted octanol–water partition coefficient (Wildman–Crippen LogP) is 2.43. The summed E-state index contributed by atoms with van der Waals surface area (Å²) >= 11 is 0. The summed E-state index contributed by atoms with van der Waals surface area (Å²) in [4.78, 5) is 14.1. The number of piperidine rings is 1. The van der Waals surface area contributed by atoms with Gasteiger partial charge in [-0.1, -0.05) is 0 Å². The number of hydrogen-bond donors (Lipinski definition) is 1. The van der Waals surface area contributed by atoms with Gasteiger partial charge in [-0.2, -0.15) is 0 Å². The van der Waals surface area contributed by atoms with Crippen molar-refractivity contribution in [3.63, 3.8) is 0 Å². The maximum atomic E-state index is 11.8. The van der Waals surface area contributed by atoms with Gasteiger partial charge in [-0.05, 0) is 44.4 Å². The number of ether oxygens (including phenoxy) is 1. The molecule has 4 nitrogen and oxygen atoms in total. The average molecular weight is 248 g/mol. The first-order valence-corrected chi connectivity index (χ1v) is 6.38. The number of carbonyl (C=O) groups is 1. The zero-order valence-electron chi connectivity index (χ0n) is 11.0. The quantitative estimate of drug-likeness (QED) is 0.645. The van der Waals surface area contributed by atoms with Crippen LogP contribution in [0.2, 0.25) is 0 Å². The van der Waals surface area contributed by atoms with E-state index in [0.29, 0.717) is 17.3 Å². The smallest absolute Gasteiger partial charge is 0.340 e. The van der Waals surface area contributed by atoms with Gasteiger partial charge in [0.05, 0.1) is 18.4 Å². The third-order valence-corrected chi connectivity index (χ3v) is 3.54. The molecule has 1 aromatic rings. The first-order chi connectivity index (χ1) is 8.63. The van der Waals surface area contributed by atoms with Crippen molar-refractivity contribution in [2.45, 2.75) is 32.2 Å². The average Bonchev–Trinajstić information content (AvgIpc) is 2.39. The number of benzene rings is 1. The van der Waals surface area contributed by atoms with E-state index in [1.54, 1.807) is 6.07 Å². The Labute approximate surface area is 108 Å². The second-order valence-corrected chi connectivity index (χ2v) is 4.81. The highest BCUT2D eigenvalue weighted by molar-refractivity contribution is 5.97. The molecule has 98 valence electrons. The van der Waals surface area contributed by atoms with Gasteiger partial charge in [-0.15, -0.1) is 0 Å². The highest BCUT2D eigenvalue weighted by Crippen LogP contribution is 2.29. The Hall–Kier alpha value is -1.71. The predicted molar refractivity (Wildman–Crippen MR) is 72.9 cm³/mol. The Kier molecular flexibility index (Phi) is 3.75. The van der Waals surface area contributed by atoms with Crippen LogP contribution in [0.25, 0.3) is 0 Å². The maximum Gasteiger partial charge on any atom is 0.340 e. The van der Waals surface area contributed by atoms with Crippen molar-refractivity contribution >= 4 is 17.3 Å². The Balaban J connectivity index is 2.39. The van der Waals surface area contributed by atoms with Crippen molar-refractivity contribution in [2.24, 2.45) is 0 Å². The molecule has 18 heavy (non-hydrogen) atoms. The molecule has 0 bridgehead atoms. The minimum absolute atomic E-state index is 0.324. The van der Waals surface area contributed by atoms with Crippen LogP contribution in [0, 0.1) is 0 Å². The first-order valence-electron chi connectivity index (χ1n) is 6.38. The van der Waals surface area contributed by atoms with Crippen LogP contribution in [0.3, 0.4) is 0 Å². The van der Waals surface area contributed by atoms with E-state index in [4.69, 9.17) is 10.5 Å². The van der Waals surface area contributed by atoms with Crippen molar-refractivity contribution in [3.05, 3.63) is 23.8 Å². The zero-order chi connectivity index (χ0) is 13.1. The highest BCUT2D eigenvalue weighted by atomic mass is 16.5. The molecular weight excluding hydrogens is 228 g/mol. The molecule has 1 atom stereocenters. The van der Waals surface area contributed by atoms with Gasteiger partial charge in [0.15, 0.2) is 0 Å². The minimum Gasteiger partial charge on any atom is -0.465 e. The highest BCUT2D eigenvalue weighted by Gasteiger charge is 2.23. The fraction of sp³-hybridized carbons (Fsp3) is 0.500. The van der Waals surface area contributed by atoms with E-state index in [1.165, 1.54) is 13.5 Å². The number of esters is 1. The lowest BCUT2D eigenvalue weighted by atomic mass is 10.0. The molecule has 0 spiro atoms. The van der Waals surface area contributed by atoms with Gasteiger partial charge in [0.1, 0.15) is 0 Å². The molecule has 1 aromatic carbocycles. The summed E-state index contributed by atoms with van der Waals surface area (Å²) in [5, 5.41) is 0. The molecule has 0 amide bonds. The van der Waals surface area contributed by atoms with Gasteiger partial charge in [-0.25, -0.2) is 4.79 Å². The molecule has 0 aromatic heterocycles. The third-order valence-electron chi connectivity index (χ3n) is 3.54. The van der Waals surface area contributed by atoms with Gasteiger partial charge in [0, 0.05) is 18.3 Å². The van der Waals surface area contributed by atoms with Gasteiger partial charge < -0.3 is 15.4 Å². The molecule has 1 saturated heterocycles. The first kappa shape index (κ1) is 12.7. The van der Waals surface area contributed by atoms with E-state index in [-0.39, 0.29) is 5.97 Å². The molecule has 1 heterocycles. The van der Waals surface area contributed by atoms with Crippen molar-refractivity contribution in [2.75, 3.05) is 24.3 Å². The number of anilines is 2. The number of nitrogens with zero attached hydrogens (tertiary/aromatic N) is 1. The number of rotatable bonds is 2. The van der Waals surface area contributed by atoms with Gasteiger partial charge in [0.25, 0.3) is 0 Å². The number of hydrogen-bond acceptors (Lipinski definition) is 4. The summed E-state index contributed by atoms with van der Waals surface area (Å²) in [7, 11) is 1.40. The molecule has 0 radical (unpaired) electrons. The van der Waals surface area contributed by atoms with E-state index in [9.17, 15) is 4.79 Å². The summed E-state index contributed by atoms with van der Waals surface area (Å²) in [5.41, 5.74) is 7.84. The van der Waals surface area contributed by atoms with Crippen LogP contribution < -0.4 is 10.6 Å². The normalized spacial score (nSPS) is 19.7. The fourth-order valence-corrected chi connectivity index (χ4v) is 2.53. The molecule has 4 heteroatoms. The number of nitrogens with two attached hydrogens (primary N) is 1. The van der Waals surface area contributed by atoms with Crippen LogP contribution in [0.15, 0.2) is 18.2 Å². The van der Waals surface area contributed by atoms with Crippen LogP contribution in [-0.2, 0) is 4.74 Å². The second-order valence-electron chi connectivity index (χ2n) is 4.81. The lowest BCUT2D eigenvalue weighted by molar-refractivity contribution is 0.0601. The largest absolute Gasteiger partial charge is 0.465 e. The van der Waals surface area contributed by atoms with E-state index >= 15 is 0 Å². The Morgan fingerprint density at radius 3 is 2.89 bits per heavy atom. The molecule has 0 aliphatic carbocycles. The number of carbonyl (C=O) groups excluding carboxylic acids is 1. The zero-order valence-corrected chi connectivity index (χ0v) is 11.0. The third kappa shape index (κ3) is 2.42. The maximum absolute atomic E-state index is 11.8. The lowest BCUT2D eigenvalue weighted by Gasteiger charge is -2.36. The summed E-state index contributed by atoms with van der Waals surface area (Å²) < 4.78 is 4.84. The monoisotopic (exact) mass is 248 g/mol. The molecule has 1 aliphatic heterocycles. The summed E-state index contributed by atoms with van der Waals surface area (Å²) in [6.45, 7) is 3.17. The van der Waals surface area contributed by atoms with Crippen LogP contribution >= 0.6 is 0 Å². The van der Waals surface area contributed by atoms with Crippen LogP contribution in [0.1, 0.15) is 36.5 Å². The molecule has 1 aliphatic rings. The SMILES string of the molecule is COC(=O)c1cc(N)ccc1N1CCCC[C@@H]1C. The van der Waals surface area contributed by atoms with Gasteiger partial charge in [-0.3, -0.25) is 0 Å². The molecule has 1 fully saturated rings. The van der Waals surface area contributed by atoms with Crippen molar-refractivity contribution in [1.82, 2.24) is 0 Å². The Bertz CT molecular complexity index is 445. The van der Waals surface area contributed by atoms with Crippen molar-refractivity contribution < 1.29 is 9.53 Å². The van der Waals surface area contributed by atoms with E-state index in [2.05, 4.69) is 11.8 Å². The van der Waals surface area contributed by atoms with E-state index in [1.807, 2.05) is 12.1 Å². The van der Waals surface area contributed by atoms with E-state index < -0.39 is 0 Å². The summed E-state index contributed by atoms with van der Waals surface area (Å²) in [6.07, 6.45) is 3.57. The molecular formula is C14H20N2O2. The molecule has 2 rings (SSSR count). The topological polar surface area (TPSA) is 55.6 Å². The van der Waals surface area contributed by atoms with Crippen molar-refractivity contribution in [1.29, 1.82) is 0 Å². The number of nitrogen functional groups attached to an aromatic ring is 1. The van der Waals surface area contributed by atoms with Crippen LogP contribution in [-0.4, -0.2) is 25.7 Å². The Morgan fingerprint density at radius 2 is 2.22 bits per heavy atom. The second kappa shape index (κ2) is 5.29. The van der Waals surface area contributed by atoms with Crippen LogP contribution in [0.5, 0.6) is 0 Å². The Morgan fingerprint density at radius 1 is 1.44 bits per heavy atom. The molecule has 2 N–H and O–H groups in total. The summed E-state index contributed by atoms with van der Waals surface area (Å²) in [5.74, 6) is -0.324. The minimum atomic E-state index is -0.324. The van der Waals surface area contributed by atoms with Gasteiger partial charge >= 0.3 is 5.97 Å². The number of methoxy groups -OCH3 is 1. The van der Waals surface area contributed by atoms with Crippen molar-refractivity contribution in [3.8, 4) is 0 Å². The fourth-order valence-electron chi connectivity index (χ4n) is 2.53.